The molecule has 0 saturated carbocycles. The molecule has 0 spiro atoms. The standard InChI is InChI=1S/C20H22ClNO2/c1-15(2)12-13-24-18-8-5-7-17(14-18)22-20(23)11-10-16-6-3-4-9-19(16)21/h3-11,14-15H,12-13H2,1-2H3,(H,22,23)/b11-10+. The fourth-order valence-corrected chi connectivity index (χ4v) is 2.23. The van der Waals surface area contributed by atoms with Gasteiger partial charge in [-0.1, -0.05) is 49.7 Å². The second kappa shape index (κ2) is 9.14. The summed E-state index contributed by atoms with van der Waals surface area (Å²) in [6, 6.07) is 14.8. The number of nitrogens with one attached hydrogen (secondary N) is 1. The van der Waals surface area contributed by atoms with E-state index in [0.717, 1.165) is 17.7 Å². The molecule has 0 atom stereocenters. The topological polar surface area (TPSA) is 38.3 Å². The zero-order chi connectivity index (χ0) is 17.4. The first-order valence-electron chi connectivity index (χ1n) is 8.01. The van der Waals surface area contributed by atoms with E-state index in [-0.39, 0.29) is 5.91 Å². The van der Waals surface area contributed by atoms with Crippen molar-refractivity contribution in [2.24, 2.45) is 5.92 Å². The summed E-state index contributed by atoms with van der Waals surface area (Å²) in [7, 11) is 0. The van der Waals surface area contributed by atoms with E-state index >= 15 is 0 Å². The zero-order valence-electron chi connectivity index (χ0n) is 14.0. The molecule has 0 saturated heterocycles. The monoisotopic (exact) mass is 343 g/mol. The van der Waals surface area contributed by atoms with Gasteiger partial charge in [-0.2, -0.15) is 0 Å². The minimum Gasteiger partial charge on any atom is -0.494 e. The predicted octanol–water partition coefficient (Wildman–Crippen LogP) is 5.42. The molecule has 3 nitrogen and oxygen atoms in total. The molecular formula is C20H22ClNO2. The van der Waals surface area contributed by atoms with Crippen LogP contribution < -0.4 is 10.1 Å². The minimum absolute atomic E-state index is 0.214. The fourth-order valence-electron chi connectivity index (χ4n) is 2.04. The molecule has 0 aliphatic heterocycles. The highest BCUT2D eigenvalue weighted by molar-refractivity contribution is 6.32. The van der Waals surface area contributed by atoms with Crippen molar-refractivity contribution in [3.63, 3.8) is 0 Å². The van der Waals surface area contributed by atoms with Gasteiger partial charge in [-0.25, -0.2) is 0 Å². The lowest BCUT2D eigenvalue weighted by Gasteiger charge is -2.09. The van der Waals surface area contributed by atoms with Crippen LogP contribution in [0.3, 0.4) is 0 Å². The molecule has 0 aliphatic carbocycles. The summed E-state index contributed by atoms with van der Waals surface area (Å²) in [5.41, 5.74) is 1.51. The number of benzene rings is 2. The number of halogens is 1. The Labute approximate surface area is 148 Å². The van der Waals surface area contributed by atoms with Crippen LogP contribution in [0.15, 0.2) is 54.6 Å². The van der Waals surface area contributed by atoms with Gasteiger partial charge in [0.25, 0.3) is 0 Å². The van der Waals surface area contributed by atoms with Crippen LogP contribution in [0.25, 0.3) is 6.08 Å². The first-order valence-corrected chi connectivity index (χ1v) is 8.39. The maximum Gasteiger partial charge on any atom is 0.248 e. The predicted molar refractivity (Wildman–Crippen MR) is 101 cm³/mol. The number of hydrogen-bond acceptors (Lipinski definition) is 2. The maximum absolute atomic E-state index is 12.0. The molecule has 0 heterocycles. The molecule has 0 aliphatic rings. The van der Waals surface area contributed by atoms with E-state index in [2.05, 4.69) is 19.2 Å². The van der Waals surface area contributed by atoms with Crippen LogP contribution in [-0.4, -0.2) is 12.5 Å². The molecule has 0 bridgehead atoms. The normalized spacial score (nSPS) is 11.0. The Bertz CT molecular complexity index is 710. The number of rotatable bonds is 7. The summed E-state index contributed by atoms with van der Waals surface area (Å²) < 4.78 is 5.70. The Morgan fingerprint density at radius 1 is 1.21 bits per heavy atom. The van der Waals surface area contributed by atoms with Gasteiger partial charge in [0.15, 0.2) is 0 Å². The Balaban J connectivity index is 1.93. The van der Waals surface area contributed by atoms with Gasteiger partial charge in [0.1, 0.15) is 5.75 Å². The fraction of sp³-hybridized carbons (Fsp3) is 0.250. The summed E-state index contributed by atoms with van der Waals surface area (Å²) in [5, 5.41) is 3.44. The molecule has 2 aromatic rings. The Hall–Kier alpha value is -2.26. The number of carbonyl (C=O) groups is 1. The van der Waals surface area contributed by atoms with Gasteiger partial charge >= 0.3 is 0 Å². The molecule has 2 aromatic carbocycles. The van der Waals surface area contributed by atoms with E-state index in [1.54, 1.807) is 12.1 Å². The van der Waals surface area contributed by atoms with Crippen molar-refractivity contribution in [1.29, 1.82) is 0 Å². The van der Waals surface area contributed by atoms with Gasteiger partial charge in [0, 0.05) is 22.9 Å². The van der Waals surface area contributed by atoms with Crippen LogP contribution in [-0.2, 0) is 4.79 Å². The van der Waals surface area contributed by atoms with Gasteiger partial charge in [0.2, 0.25) is 5.91 Å². The van der Waals surface area contributed by atoms with Gasteiger partial charge in [-0.05, 0) is 42.2 Å². The highest BCUT2D eigenvalue weighted by Crippen LogP contribution is 2.19. The molecule has 1 amide bonds. The number of carbonyl (C=O) groups excluding carboxylic acids is 1. The van der Waals surface area contributed by atoms with Crippen molar-refractivity contribution in [3.05, 3.63) is 65.2 Å². The van der Waals surface area contributed by atoms with Crippen molar-refractivity contribution in [3.8, 4) is 5.75 Å². The second-order valence-corrected chi connectivity index (χ2v) is 6.31. The Kier molecular flexibility index (Phi) is 6.89. The number of ether oxygens (including phenoxy) is 1. The van der Waals surface area contributed by atoms with Crippen molar-refractivity contribution >= 4 is 29.3 Å². The first kappa shape index (κ1) is 18.1. The van der Waals surface area contributed by atoms with Crippen LogP contribution >= 0.6 is 11.6 Å². The third-order valence-electron chi connectivity index (χ3n) is 3.38. The SMILES string of the molecule is CC(C)CCOc1cccc(NC(=O)/C=C/c2ccccc2Cl)c1. The second-order valence-electron chi connectivity index (χ2n) is 5.90. The molecule has 24 heavy (non-hydrogen) atoms. The van der Waals surface area contributed by atoms with Crippen molar-refractivity contribution < 1.29 is 9.53 Å². The maximum atomic E-state index is 12.0. The molecule has 4 heteroatoms. The van der Waals surface area contributed by atoms with Crippen LogP contribution in [0.1, 0.15) is 25.8 Å². The molecule has 0 unspecified atom stereocenters. The highest BCUT2D eigenvalue weighted by Gasteiger charge is 2.02. The molecule has 0 fully saturated rings. The van der Waals surface area contributed by atoms with Crippen molar-refractivity contribution in [2.45, 2.75) is 20.3 Å². The van der Waals surface area contributed by atoms with E-state index < -0.39 is 0 Å². The third kappa shape index (κ3) is 6.09. The average Bonchev–Trinajstić information content (AvgIpc) is 2.54. The van der Waals surface area contributed by atoms with Crippen LogP contribution in [0, 0.1) is 5.92 Å². The smallest absolute Gasteiger partial charge is 0.248 e. The summed E-state index contributed by atoms with van der Waals surface area (Å²) in [5.74, 6) is 1.14. The van der Waals surface area contributed by atoms with Crippen LogP contribution in [0.2, 0.25) is 5.02 Å². The van der Waals surface area contributed by atoms with Crippen molar-refractivity contribution in [2.75, 3.05) is 11.9 Å². The molecular weight excluding hydrogens is 322 g/mol. The van der Waals surface area contributed by atoms with Crippen LogP contribution in [0.4, 0.5) is 5.69 Å². The van der Waals surface area contributed by atoms with E-state index in [1.165, 1.54) is 6.08 Å². The molecule has 0 radical (unpaired) electrons. The molecule has 2 rings (SSSR count). The quantitative estimate of drug-likeness (QED) is 0.682. The number of amides is 1. The lowest BCUT2D eigenvalue weighted by Crippen LogP contribution is -2.08. The summed E-state index contributed by atoms with van der Waals surface area (Å²) >= 11 is 6.06. The van der Waals surface area contributed by atoms with Crippen LogP contribution in [0.5, 0.6) is 5.75 Å². The summed E-state index contributed by atoms with van der Waals surface area (Å²) in [6.07, 6.45) is 4.16. The molecule has 126 valence electrons. The van der Waals surface area contributed by atoms with Gasteiger partial charge < -0.3 is 10.1 Å². The molecule has 0 aromatic heterocycles. The van der Waals surface area contributed by atoms with Gasteiger partial charge in [0.05, 0.1) is 6.61 Å². The average molecular weight is 344 g/mol. The summed E-state index contributed by atoms with van der Waals surface area (Å²) in [4.78, 5) is 12.0. The largest absolute Gasteiger partial charge is 0.494 e. The molecule has 1 N–H and O–H groups in total. The van der Waals surface area contributed by atoms with E-state index in [9.17, 15) is 4.79 Å². The van der Waals surface area contributed by atoms with Gasteiger partial charge in [-0.15, -0.1) is 0 Å². The number of hydrogen-bond donors (Lipinski definition) is 1. The van der Waals surface area contributed by atoms with E-state index in [4.69, 9.17) is 16.3 Å². The van der Waals surface area contributed by atoms with Gasteiger partial charge in [-0.3, -0.25) is 4.79 Å². The van der Waals surface area contributed by atoms with Crippen molar-refractivity contribution in [1.82, 2.24) is 0 Å². The van der Waals surface area contributed by atoms with E-state index in [0.29, 0.717) is 23.2 Å². The third-order valence-corrected chi connectivity index (χ3v) is 3.73. The first-order chi connectivity index (χ1) is 11.5. The lowest BCUT2D eigenvalue weighted by molar-refractivity contribution is -0.111. The summed E-state index contributed by atoms with van der Waals surface area (Å²) in [6.45, 7) is 4.98. The Morgan fingerprint density at radius 3 is 2.75 bits per heavy atom. The lowest BCUT2D eigenvalue weighted by atomic mass is 10.1. The highest BCUT2D eigenvalue weighted by atomic mass is 35.5. The number of anilines is 1. The zero-order valence-corrected chi connectivity index (χ0v) is 14.7. The minimum atomic E-state index is -0.214. The Morgan fingerprint density at radius 2 is 2.00 bits per heavy atom. The van der Waals surface area contributed by atoms with E-state index in [1.807, 2.05) is 42.5 Å².